The Labute approximate surface area is 171 Å². The van der Waals surface area contributed by atoms with Crippen LogP contribution in [0.4, 0.5) is 5.69 Å². The highest BCUT2D eigenvalue weighted by Gasteiger charge is 2.38. The zero-order valence-electron chi connectivity index (χ0n) is 14.4. The molecule has 1 heterocycles. The molecule has 0 aromatic heterocycles. The summed E-state index contributed by atoms with van der Waals surface area (Å²) in [7, 11) is 1.27. The minimum absolute atomic E-state index is 0.188. The lowest BCUT2D eigenvalue weighted by Gasteiger charge is -2.18. The summed E-state index contributed by atoms with van der Waals surface area (Å²) >= 11 is 18.1. The summed E-state index contributed by atoms with van der Waals surface area (Å²) in [6, 6.07) is 11.8. The Bertz CT molecular complexity index is 1010. The molecule has 0 saturated carbocycles. The molecule has 0 aliphatic carbocycles. The van der Waals surface area contributed by atoms with Gasteiger partial charge in [-0.15, -0.1) is 0 Å². The Morgan fingerprint density at radius 3 is 2.44 bits per heavy atom. The number of hydrogen-bond donors (Lipinski definition) is 0. The van der Waals surface area contributed by atoms with Gasteiger partial charge < -0.3 is 4.74 Å². The lowest BCUT2D eigenvalue weighted by molar-refractivity contribution is -0.136. The van der Waals surface area contributed by atoms with Crippen molar-refractivity contribution >= 4 is 58.4 Å². The van der Waals surface area contributed by atoms with Crippen LogP contribution in [-0.4, -0.2) is 19.0 Å². The molecular formula is C20H14Cl3NO3. The number of halogens is 3. The minimum atomic E-state index is -0.600. The van der Waals surface area contributed by atoms with Crippen molar-refractivity contribution in [3.63, 3.8) is 0 Å². The standard InChI is InChI=1S/C20H14Cl3NO3/c1-11-18(20(26)27-2)15(9-12-4-3-5-13(21)8-12)19(25)24(11)14-6-7-16(22)17(23)10-14/h3-10H,1-2H3/b15-9-. The average Bonchev–Trinajstić information content (AvgIpc) is 2.87. The fraction of sp³-hybridized carbons (Fsp3) is 0.100. The number of esters is 1. The van der Waals surface area contributed by atoms with Crippen molar-refractivity contribution in [1.29, 1.82) is 0 Å². The quantitative estimate of drug-likeness (QED) is 0.483. The first-order chi connectivity index (χ1) is 12.8. The van der Waals surface area contributed by atoms with Crippen molar-refractivity contribution in [3.8, 4) is 0 Å². The number of hydrogen-bond acceptors (Lipinski definition) is 3. The molecule has 1 aliphatic rings. The van der Waals surface area contributed by atoms with E-state index in [0.29, 0.717) is 32.0 Å². The van der Waals surface area contributed by atoms with Gasteiger partial charge in [0.15, 0.2) is 0 Å². The van der Waals surface area contributed by atoms with Gasteiger partial charge in [0, 0.05) is 10.7 Å². The van der Waals surface area contributed by atoms with E-state index in [1.54, 1.807) is 55.5 Å². The molecule has 0 saturated heterocycles. The maximum Gasteiger partial charge on any atom is 0.340 e. The van der Waals surface area contributed by atoms with Crippen molar-refractivity contribution < 1.29 is 14.3 Å². The minimum Gasteiger partial charge on any atom is -0.465 e. The molecule has 0 N–H and O–H groups in total. The van der Waals surface area contributed by atoms with E-state index in [0.717, 1.165) is 0 Å². The average molecular weight is 423 g/mol. The smallest absolute Gasteiger partial charge is 0.340 e. The number of benzene rings is 2. The number of carbonyl (C=O) groups excluding carboxylic acids is 2. The van der Waals surface area contributed by atoms with Crippen LogP contribution in [0.1, 0.15) is 12.5 Å². The molecule has 1 amide bonds. The summed E-state index contributed by atoms with van der Waals surface area (Å²) in [5.74, 6) is -0.969. The number of rotatable bonds is 3. The molecular weight excluding hydrogens is 409 g/mol. The summed E-state index contributed by atoms with van der Waals surface area (Å²) in [4.78, 5) is 26.9. The third kappa shape index (κ3) is 3.74. The number of allylic oxidation sites excluding steroid dienone is 1. The van der Waals surface area contributed by atoms with Gasteiger partial charge in [0.1, 0.15) is 0 Å². The SMILES string of the molecule is COC(=O)C1=C(C)N(c2ccc(Cl)c(Cl)c2)C(=O)/C1=C\c1cccc(Cl)c1. The van der Waals surface area contributed by atoms with Gasteiger partial charge in [0.25, 0.3) is 5.91 Å². The van der Waals surface area contributed by atoms with Crippen LogP contribution in [0.25, 0.3) is 6.08 Å². The first kappa shape index (κ1) is 19.5. The number of anilines is 1. The number of carbonyl (C=O) groups is 2. The predicted octanol–water partition coefficient (Wildman–Crippen LogP) is 5.52. The summed E-state index contributed by atoms with van der Waals surface area (Å²) in [6.07, 6.45) is 1.61. The molecule has 0 atom stereocenters. The van der Waals surface area contributed by atoms with E-state index < -0.39 is 5.97 Å². The van der Waals surface area contributed by atoms with E-state index in [1.165, 1.54) is 12.0 Å². The Morgan fingerprint density at radius 2 is 1.81 bits per heavy atom. The van der Waals surface area contributed by atoms with E-state index in [4.69, 9.17) is 39.5 Å². The number of amides is 1. The monoisotopic (exact) mass is 421 g/mol. The fourth-order valence-corrected chi connectivity index (χ4v) is 3.37. The van der Waals surface area contributed by atoms with Gasteiger partial charge >= 0.3 is 5.97 Å². The van der Waals surface area contributed by atoms with Crippen LogP contribution in [0, 0.1) is 0 Å². The first-order valence-corrected chi connectivity index (χ1v) is 9.03. The number of methoxy groups -OCH3 is 1. The van der Waals surface area contributed by atoms with Gasteiger partial charge in [-0.1, -0.05) is 46.9 Å². The zero-order valence-corrected chi connectivity index (χ0v) is 16.7. The molecule has 0 fully saturated rings. The van der Waals surface area contributed by atoms with Crippen molar-refractivity contribution in [3.05, 3.63) is 79.9 Å². The van der Waals surface area contributed by atoms with Crippen molar-refractivity contribution in [2.45, 2.75) is 6.92 Å². The lowest BCUT2D eigenvalue weighted by Crippen LogP contribution is -2.24. The van der Waals surface area contributed by atoms with Gasteiger partial charge in [-0.05, 0) is 48.9 Å². The number of ether oxygens (including phenoxy) is 1. The summed E-state index contributed by atoms with van der Waals surface area (Å²) in [5.41, 5.74) is 2.04. The molecule has 3 rings (SSSR count). The molecule has 0 spiro atoms. The molecule has 2 aromatic carbocycles. The summed E-state index contributed by atoms with van der Waals surface area (Å²) in [5, 5.41) is 1.20. The maximum atomic E-state index is 13.1. The predicted molar refractivity (Wildman–Crippen MR) is 108 cm³/mol. The molecule has 1 aliphatic heterocycles. The van der Waals surface area contributed by atoms with Gasteiger partial charge in [-0.2, -0.15) is 0 Å². The molecule has 27 heavy (non-hydrogen) atoms. The highest BCUT2D eigenvalue weighted by molar-refractivity contribution is 6.42. The summed E-state index contributed by atoms with van der Waals surface area (Å²) in [6.45, 7) is 1.67. The van der Waals surface area contributed by atoms with Crippen molar-refractivity contribution in [2.24, 2.45) is 0 Å². The largest absolute Gasteiger partial charge is 0.465 e. The van der Waals surface area contributed by atoms with Crippen LogP contribution in [0.15, 0.2) is 59.3 Å². The fourth-order valence-electron chi connectivity index (χ4n) is 2.88. The summed E-state index contributed by atoms with van der Waals surface area (Å²) < 4.78 is 4.88. The van der Waals surface area contributed by atoms with Crippen LogP contribution < -0.4 is 4.90 Å². The second-order valence-electron chi connectivity index (χ2n) is 5.80. The second kappa shape index (κ2) is 7.77. The Hall–Kier alpha value is -2.27. The van der Waals surface area contributed by atoms with Crippen LogP contribution >= 0.6 is 34.8 Å². The van der Waals surface area contributed by atoms with Crippen molar-refractivity contribution in [1.82, 2.24) is 0 Å². The van der Waals surface area contributed by atoms with Crippen LogP contribution in [0.3, 0.4) is 0 Å². The third-order valence-corrected chi connectivity index (χ3v) is 5.08. The topological polar surface area (TPSA) is 46.6 Å². The first-order valence-electron chi connectivity index (χ1n) is 7.90. The van der Waals surface area contributed by atoms with Crippen LogP contribution in [-0.2, 0) is 14.3 Å². The van der Waals surface area contributed by atoms with Gasteiger partial charge in [0.2, 0.25) is 0 Å². The van der Waals surface area contributed by atoms with Crippen LogP contribution in [0.2, 0.25) is 15.1 Å². The molecule has 138 valence electrons. The van der Waals surface area contributed by atoms with Crippen molar-refractivity contribution in [2.75, 3.05) is 12.0 Å². The van der Waals surface area contributed by atoms with E-state index >= 15 is 0 Å². The highest BCUT2D eigenvalue weighted by Crippen LogP contribution is 2.37. The lowest BCUT2D eigenvalue weighted by atomic mass is 10.0. The normalized spacial score (nSPS) is 15.7. The third-order valence-electron chi connectivity index (χ3n) is 4.11. The maximum absolute atomic E-state index is 13.1. The van der Waals surface area contributed by atoms with Crippen LogP contribution in [0.5, 0.6) is 0 Å². The van der Waals surface area contributed by atoms with E-state index in [-0.39, 0.29) is 17.1 Å². The Kier molecular flexibility index (Phi) is 5.61. The number of nitrogens with zero attached hydrogens (tertiary/aromatic N) is 1. The van der Waals surface area contributed by atoms with Gasteiger partial charge in [-0.25, -0.2) is 4.79 Å². The Morgan fingerprint density at radius 1 is 1.07 bits per heavy atom. The second-order valence-corrected chi connectivity index (χ2v) is 7.05. The molecule has 2 aromatic rings. The van der Waals surface area contributed by atoms with Gasteiger partial charge in [-0.3, -0.25) is 9.69 Å². The highest BCUT2D eigenvalue weighted by atomic mass is 35.5. The molecule has 7 heteroatoms. The van der Waals surface area contributed by atoms with E-state index in [1.807, 2.05) is 0 Å². The molecule has 0 unspecified atom stereocenters. The van der Waals surface area contributed by atoms with E-state index in [2.05, 4.69) is 0 Å². The molecule has 4 nitrogen and oxygen atoms in total. The zero-order chi connectivity index (χ0) is 19.7. The molecule has 0 radical (unpaired) electrons. The Balaban J connectivity index is 2.15. The molecule has 0 bridgehead atoms. The van der Waals surface area contributed by atoms with E-state index in [9.17, 15) is 9.59 Å². The van der Waals surface area contributed by atoms with Gasteiger partial charge in [0.05, 0.1) is 34.0 Å².